The smallest absolute Gasteiger partial charge is 0.155 e. The van der Waals surface area contributed by atoms with Gasteiger partial charge in [0, 0.05) is 18.5 Å². The Labute approximate surface area is 63.7 Å². The van der Waals surface area contributed by atoms with Crippen molar-refractivity contribution < 1.29 is 4.84 Å². The van der Waals surface area contributed by atoms with Gasteiger partial charge in [0.1, 0.15) is 7.11 Å². The van der Waals surface area contributed by atoms with Crippen molar-refractivity contribution in [1.29, 1.82) is 0 Å². The third-order valence-corrected chi connectivity index (χ3v) is 1.63. The Kier molecular flexibility index (Phi) is 1.09. The third kappa shape index (κ3) is 0.756. The molecule has 58 valence electrons. The van der Waals surface area contributed by atoms with E-state index in [4.69, 9.17) is 10.6 Å². The number of nitrogens with two attached hydrogens (primary N) is 1. The molecule has 0 aliphatic rings. The van der Waals surface area contributed by atoms with Crippen LogP contribution in [0.15, 0.2) is 24.7 Å². The van der Waals surface area contributed by atoms with Gasteiger partial charge in [-0.2, -0.15) is 4.73 Å². The van der Waals surface area contributed by atoms with Gasteiger partial charge in [-0.1, -0.05) is 0 Å². The Morgan fingerprint density at radius 2 is 2.27 bits per heavy atom. The summed E-state index contributed by atoms with van der Waals surface area (Å²) in [5, 5.41) is 0. The zero-order valence-corrected chi connectivity index (χ0v) is 6.19. The quantitative estimate of drug-likeness (QED) is 0.640. The van der Waals surface area contributed by atoms with Crippen LogP contribution < -0.4 is 10.6 Å². The first-order valence-corrected chi connectivity index (χ1v) is 3.30. The average molecular weight is 151 g/mol. The standard InChI is InChI=1S/C7H9N3O/c1-11-10-3-2-9-5-6(8)4-7(9)10/h2-5H,8H2,1H3. The molecule has 2 heterocycles. The Hall–Kier alpha value is -1.58. The minimum absolute atomic E-state index is 0.742. The van der Waals surface area contributed by atoms with Crippen molar-refractivity contribution in [3.8, 4) is 0 Å². The molecule has 2 rings (SSSR count). The number of nitrogens with zero attached hydrogens (tertiary/aromatic N) is 2. The van der Waals surface area contributed by atoms with E-state index >= 15 is 0 Å². The zero-order chi connectivity index (χ0) is 7.84. The van der Waals surface area contributed by atoms with Gasteiger partial charge in [0.15, 0.2) is 5.65 Å². The zero-order valence-electron chi connectivity index (χ0n) is 6.19. The minimum atomic E-state index is 0.742. The summed E-state index contributed by atoms with van der Waals surface area (Å²) in [5.41, 5.74) is 7.25. The van der Waals surface area contributed by atoms with Crippen molar-refractivity contribution in [3.05, 3.63) is 24.7 Å². The molecule has 0 atom stereocenters. The lowest BCUT2D eigenvalue weighted by atomic mass is 10.5. The van der Waals surface area contributed by atoms with E-state index in [0.717, 1.165) is 11.3 Å². The lowest BCUT2D eigenvalue weighted by Gasteiger charge is -1.97. The molecular formula is C7H9N3O. The Balaban J connectivity index is 2.73. The molecule has 4 nitrogen and oxygen atoms in total. The summed E-state index contributed by atoms with van der Waals surface area (Å²) < 4.78 is 3.55. The molecule has 0 spiro atoms. The van der Waals surface area contributed by atoms with Gasteiger partial charge in [0.25, 0.3) is 0 Å². The van der Waals surface area contributed by atoms with Gasteiger partial charge in [-0.3, -0.25) is 0 Å². The van der Waals surface area contributed by atoms with Crippen LogP contribution in [0.5, 0.6) is 0 Å². The molecule has 0 aliphatic carbocycles. The fourth-order valence-electron chi connectivity index (χ4n) is 1.15. The first kappa shape index (κ1) is 6.15. The summed E-state index contributed by atoms with van der Waals surface area (Å²) in [4.78, 5) is 5.02. The molecule has 0 radical (unpaired) electrons. The van der Waals surface area contributed by atoms with Crippen molar-refractivity contribution in [3.63, 3.8) is 0 Å². The molecule has 0 unspecified atom stereocenters. The highest BCUT2D eigenvalue weighted by Crippen LogP contribution is 2.10. The monoisotopic (exact) mass is 151 g/mol. The second-order valence-corrected chi connectivity index (χ2v) is 2.35. The van der Waals surface area contributed by atoms with Gasteiger partial charge in [-0.05, 0) is 0 Å². The van der Waals surface area contributed by atoms with Crippen LogP contribution in [0.2, 0.25) is 0 Å². The number of imidazole rings is 1. The summed E-state index contributed by atoms with van der Waals surface area (Å²) >= 11 is 0. The molecule has 0 saturated heterocycles. The number of nitrogen functional groups attached to an aromatic ring is 1. The highest BCUT2D eigenvalue weighted by Gasteiger charge is 2.00. The van der Waals surface area contributed by atoms with E-state index in [1.54, 1.807) is 11.8 Å². The SMILES string of the molecule is COn1ccn2cc(N)cc12. The fraction of sp³-hybridized carbons (Fsp3) is 0.143. The van der Waals surface area contributed by atoms with Crippen LogP contribution in [0.1, 0.15) is 0 Å². The van der Waals surface area contributed by atoms with E-state index in [2.05, 4.69) is 0 Å². The number of aromatic nitrogens is 2. The van der Waals surface area contributed by atoms with Crippen molar-refractivity contribution in [2.24, 2.45) is 0 Å². The predicted octanol–water partition coefficient (Wildman–Crippen LogP) is 0.381. The molecule has 0 saturated carbocycles. The molecule has 0 bridgehead atoms. The summed E-state index contributed by atoms with van der Waals surface area (Å²) in [7, 11) is 1.61. The van der Waals surface area contributed by atoms with Crippen molar-refractivity contribution in [2.45, 2.75) is 0 Å². The van der Waals surface area contributed by atoms with E-state index < -0.39 is 0 Å². The molecule has 2 aromatic rings. The molecule has 2 aromatic heterocycles. The topological polar surface area (TPSA) is 44.6 Å². The molecule has 11 heavy (non-hydrogen) atoms. The van der Waals surface area contributed by atoms with Gasteiger partial charge in [-0.25, -0.2) is 0 Å². The van der Waals surface area contributed by atoms with E-state index in [9.17, 15) is 0 Å². The van der Waals surface area contributed by atoms with Gasteiger partial charge in [0.2, 0.25) is 0 Å². The van der Waals surface area contributed by atoms with E-state index in [1.165, 1.54) is 0 Å². The molecule has 2 N–H and O–H groups in total. The summed E-state index contributed by atoms with van der Waals surface area (Å²) in [6.07, 6.45) is 5.55. The molecule has 4 heteroatoms. The summed E-state index contributed by atoms with van der Waals surface area (Å²) in [6.45, 7) is 0. The third-order valence-electron chi connectivity index (χ3n) is 1.63. The molecule has 0 fully saturated rings. The number of rotatable bonds is 1. The predicted molar refractivity (Wildman–Crippen MR) is 42.3 cm³/mol. The lowest BCUT2D eigenvalue weighted by molar-refractivity contribution is 0.178. The van der Waals surface area contributed by atoms with Crippen LogP contribution >= 0.6 is 0 Å². The lowest BCUT2D eigenvalue weighted by Crippen LogP contribution is -2.02. The number of hydrogen-bond acceptors (Lipinski definition) is 2. The van der Waals surface area contributed by atoms with Crippen molar-refractivity contribution in [1.82, 2.24) is 9.13 Å². The second-order valence-electron chi connectivity index (χ2n) is 2.35. The molecular weight excluding hydrogens is 142 g/mol. The molecule has 0 amide bonds. The number of hydrogen-bond donors (Lipinski definition) is 1. The van der Waals surface area contributed by atoms with Gasteiger partial charge < -0.3 is 15.0 Å². The molecule has 0 aromatic carbocycles. The fourth-order valence-corrected chi connectivity index (χ4v) is 1.15. The first-order chi connectivity index (χ1) is 5.31. The van der Waals surface area contributed by atoms with Crippen LogP contribution in [0, 0.1) is 0 Å². The van der Waals surface area contributed by atoms with Gasteiger partial charge >= 0.3 is 0 Å². The summed E-state index contributed by atoms with van der Waals surface area (Å²) in [5.74, 6) is 0. The van der Waals surface area contributed by atoms with E-state index in [-0.39, 0.29) is 0 Å². The Bertz CT molecular complexity index is 374. The van der Waals surface area contributed by atoms with Crippen molar-refractivity contribution >= 4 is 11.3 Å². The number of fused-ring (bicyclic) bond motifs is 1. The minimum Gasteiger partial charge on any atom is -0.416 e. The maximum atomic E-state index is 5.57. The van der Waals surface area contributed by atoms with Crippen LogP contribution in [0.3, 0.4) is 0 Å². The van der Waals surface area contributed by atoms with E-state index in [1.807, 2.05) is 29.1 Å². The normalized spacial score (nSPS) is 10.6. The Morgan fingerprint density at radius 3 is 3.00 bits per heavy atom. The maximum absolute atomic E-state index is 5.57. The Morgan fingerprint density at radius 1 is 1.45 bits per heavy atom. The largest absolute Gasteiger partial charge is 0.416 e. The molecule has 0 aliphatic heterocycles. The average Bonchev–Trinajstić information content (AvgIpc) is 2.45. The van der Waals surface area contributed by atoms with Crippen LogP contribution in [0.25, 0.3) is 5.65 Å². The summed E-state index contributed by atoms with van der Waals surface area (Å²) in [6, 6.07) is 1.85. The highest BCUT2D eigenvalue weighted by molar-refractivity contribution is 5.54. The number of anilines is 1. The van der Waals surface area contributed by atoms with Gasteiger partial charge in [-0.15, -0.1) is 0 Å². The maximum Gasteiger partial charge on any atom is 0.155 e. The second kappa shape index (κ2) is 1.95. The van der Waals surface area contributed by atoms with E-state index in [0.29, 0.717) is 0 Å². The van der Waals surface area contributed by atoms with Crippen LogP contribution in [-0.2, 0) is 0 Å². The van der Waals surface area contributed by atoms with Gasteiger partial charge in [0.05, 0.1) is 11.9 Å². The van der Waals surface area contributed by atoms with Crippen molar-refractivity contribution in [2.75, 3.05) is 12.8 Å². The first-order valence-electron chi connectivity index (χ1n) is 3.30. The van der Waals surface area contributed by atoms with Crippen LogP contribution in [-0.4, -0.2) is 16.2 Å². The van der Waals surface area contributed by atoms with Crippen LogP contribution in [0.4, 0.5) is 5.69 Å². The highest BCUT2D eigenvalue weighted by atomic mass is 16.6.